The minimum Gasteiger partial charge on any atom is -0.386 e. The molecule has 0 radical (unpaired) electrons. The number of carbonyl (C=O) groups excluding carboxylic acids is 3. The molecule has 126 valence electrons. The van der Waals surface area contributed by atoms with Gasteiger partial charge in [-0.15, -0.1) is 0 Å². The second-order valence-corrected chi connectivity index (χ2v) is 5.51. The number of aliphatic hydroxyl groups is 1. The zero-order valence-corrected chi connectivity index (χ0v) is 13.5. The molecule has 0 aliphatic carbocycles. The summed E-state index contributed by atoms with van der Waals surface area (Å²) < 4.78 is 0. The number of aliphatic hydroxyl groups excluding tert-OH is 1. The van der Waals surface area contributed by atoms with Gasteiger partial charge in [0.25, 0.3) is 11.8 Å². The highest BCUT2D eigenvalue weighted by atomic mass is 16.3. The molecule has 3 N–H and O–H groups in total. The van der Waals surface area contributed by atoms with E-state index in [2.05, 4.69) is 10.9 Å². The summed E-state index contributed by atoms with van der Waals surface area (Å²) in [6.07, 6.45) is 1.20. The average molecular weight is 329 g/mol. The van der Waals surface area contributed by atoms with Crippen LogP contribution in [0.4, 0.5) is 4.79 Å². The van der Waals surface area contributed by atoms with Crippen molar-refractivity contribution in [2.24, 2.45) is 0 Å². The molecule has 2 rings (SSSR count). The number of amides is 3. The van der Waals surface area contributed by atoms with Crippen LogP contribution in [0.3, 0.4) is 0 Å². The van der Waals surface area contributed by atoms with Crippen LogP contribution in [0, 0.1) is 0 Å². The molecule has 1 aliphatic heterocycles. The zero-order valence-electron chi connectivity index (χ0n) is 13.5. The number of hydrogen-bond acceptors (Lipinski definition) is 4. The number of carbonyl (C=O) groups is 3. The predicted octanol–water partition coefficient (Wildman–Crippen LogP) is -0.571. The summed E-state index contributed by atoms with van der Waals surface area (Å²) >= 11 is 0. The van der Waals surface area contributed by atoms with Gasteiger partial charge in [0.05, 0.1) is 0 Å². The SMILES string of the molecule is BC(=O)N1CCC(=C(C(=O)NNC(=O)CO)c2ccccc2)CC1. The molecule has 1 aromatic rings. The fraction of sp³-hybridized carbons (Fsp3) is 0.312. The molecular weight excluding hydrogens is 309 g/mol. The molecule has 1 heterocycles. The highest BCUT2D eigenvalue weighted by Gasteiger charge is 2.23. The maximum atomic E-state index is 12.5. The second kappa shape index (κ2) is 8.30. The van der Waals surface area contributed by atoms with Crippen molar-refractivity contribution in [3.8, 4) is 0 Å². The first-order valence-electron chi connectivity index (χ1n) is 7.76. The third-order valence-corrected chi connectivity index (χ3v) is 3.91. The van der Waals surface area contributed by atoms with E-state index >= 15 is 0 Å². The fourth-order valence-electron chi connectivity index (χ4n) is 2.67. The van der Waals surface area contributed by atoms with Crippen molar-refractivity contribution in [2.75, 3.05) is 19.7 Å². The third kappa shape index (κ3) is 4.45. The number of piperidine rings is 1. The van der Waals surface area contributed by atoms with Crippen LogP contribution >= 0.6 is 0 Å². The highest BCUT2D eigenvalue weighted by molar-refractivity contribution is 6.56. The van der Waals surface area contributed by atoms with Gasteiger partial charge in [-0.1, -0.05) is 35.9 Å². The minimum atomic E-state index is -0.703. The average Bonchev–Trinajstić information content (AvgIpc) is 2.61. The van der Waals surface area contributed by atoms with Crippen molar-refractivity contribution in [2.45, 2.75) is 12.8 Å². The Morgan fingerprint density at radius 2 is 1.71 bits per heavy atom. The molecule has 0 atom stereocenters. The van der Waals surface area contributed by atoms with Gasteiger partial charge in [-0.05, 0) is 18.4 Å². The van der Waals surface area contributed by atoms with Gasteiger partial charge in [-0.25, -0.2) is 0 Å². The number of nitrogens with one attached hydrogen (secondary N) is 2. The molecular formula is C16H20BN3O4. The third-order valence-electron chi connectivity index (χ3n) is 3.91. The van der Waals surface area contributed by atoms with E-state index in [4.69, 9.17) is 5.11 Å². The lowest BCUT2D eigenvalue weighted by molar-refractivity contribution is -0.128. The van der Waals surface area contributed by atoms with Crippen molar-refractivity contribution < 1.29 is 19.5 Å². The van der Waals surface area contributed by atoms with Crippen LogP contribution in [0.5, 0.6) is 0 Å². The Morgan fingerprint density at radius 3 is 2.25 bits per heavy atom. The van der Waals surface area contributed by atoms with Crippen LogP contribution < -0.4 is 10.9 Å². The lowest BCUT2D eigenvalue weighted by atomic mass is 9.91. The van der Waals surface area contributed by atoms with Gasteiger partial charge in [-0.2, -0.15) is 0 Å². The van der Waals surface area contributed by atoms with E-state index in [1.807, 2.05) is 30.3 Å². The summed E-state index contributed by atoms with van der Waals surface area (Å²) in [7, 11) is 1.53. The quantitative estimate of drug-likeness (QED) is 0.393. The van der Waals surface area contributed by atoms with E-state index in [0.717, 1.165) is 11.1 Å². The van der Waals surface area contributed by atoms with Gasteiger partial charge in [0.1, 0.15) is 6.61 Å². The Morgan fingerprint density at radius 1 is 1.08 bits per heavy atom. The second-order valence-electron chi connectivity index (χ2n) is 5.51. The van der Waals surface area contributed by atoms with Crippen LogP contribution in [-0.4, -0.2) is 55.2 Å². The molecule has 1 aliphatic rings. The number of benzene rings is 1. The van der Waals surface area contributed by atoms with Gasteiger partial charge in [-0.3, -0.25) is 25.2 Å². The number of rotatable bonds is 3. The van der Waals surface area contributed by atoms with Gasteiger partial charge >= 0.3 is 0 Å². The first-order chi connectivity index (χ1) is 11.5. The van der Waals surface area contributed by atoms with E-state index in [1.165, 1.54) is 7.85 Å². The predicted molar refractivity (Wildman–Crippen MR) is 91.5 cm³/mol. The first-order valence-corrected chi connectivity index (χ1v) is 7.76. The summed E-state index contributed by atoms with van der Waals surface area (Å²) in [5.41, 5.74) is 6.67. The fourth-order valence-corrected chi connectivity index (χ4v) is 2.67. The largest absolute Gasteiger partial charge is 0.386 e. The maximum Gasteiger partial charge on any atom is 0.270 e. The van der Waals surface area contributed by atoms with Crippen LogP contribution in [0.2, 0.25) is 0 Å². The summed E-state index contributed by atoms with van der Waals surface area (Å²) in [6, 6.07) is 9.18. The van der Waals surface area contributed by atoms with E-state index in [0.29, 0.717) is 31.5 Å². The van der Waals surface area contributed by atoms with Crippen molar-refractivity contribution in [1.29, 1.82) is 0 Å². The smallest absolute Gasteiger partial charge is 0.270 e. The van der Waals surface area contributed by atoms with Crippen molar-refractivity contribution in [3.05, 3.63) is 41.5 Å². The Kier molecular flexibility index (Phi) is 6.14. The van der Waals surface area contributed by atoms with Crippen molar-refractivity contribution in [3.63, 3.8) is 0 Å². The van der Waals surface area contributed by atoms with Crippen molar-refractivity contribution in [1.82, 2.24) is 15.8 Å². The van der Waals surface area contributed by atoms with Gasteiger partial charge in [0, 0.05) is 18.7 Å². The van der Waals surface area contributed by atoms with Crippen LogP contribution in [0.25, 0.3) is 5.57 Å². The van der Waals surface area contributed by atoms with Crippen molar-refractivity contribution >= 4 is 31.0 Å². The Hall–Kier alpha value is -2.61. The molecule has 1 saturated heterocycles. The van der Waals surface area contributed by atoms with E-state index in [-0.39, 0.29) is 5.81 Å². The van der Waals surface area contributed by atoms with E-state index in [9.17, 15) is 14.4 Å². The van der Waals surface area contributed by atoms with Crippen LogP contribution in [0.1, 0.15) is 18.4 Å². The highest BCUT2D eigenvalue weighted by Crippen LogP contribution is 2.27. The molecule has 0 unspecified atom stereocenters. The molecule has 24 heavy (non-hydrogen) atoms. The molecule has 0 aromatic heterocycles. The van der Waals surface area contributed by atoms with Gasteiger partial charge in [0.15, 0.2) is 5.81 Å². The van der Waals surface area contributed by atoms with E-state index < -0.39 is 18.4 Å². The maximum absolute atomic E-state index is 12.5. The number of likely N-dealkylation sites (tertiary alicyclic amines) is 1. The Bertz CT molecular complexity index is 651. The molecule has 1 fully saturated rings. The number of nitrogens with zero attached hydrogens (tertiary/aromatic N) is 1. The minimum absolute atomic E-state index is 0.0231. The topological polar surface area (TPSA) is 98.7 Å². The normalized spacial score (nSPS) is 14.0. The number of hydrogen-bond donors (Lipinski definition) is 3. The summed E-state index contributed by atoms with van der Waals surface area (Å²) in [4.78, 5) is 36.9. The summed E-state index contributed by atoms with van der Waals surface area (Å²) in [5, 5.41) is 8.72. The standard InChI is InChI=1S/C16H20BN3O4/c17-16(24)20-8-6-12(7-9-20)14(11-4-2-1-3-5-11)15(23)19-18-13(22)10-21/h1-5,21H,6-10,17H2,(H,18,22)(H,19,23). The lowest BCUT2D eigenvalue weighted by Crippen LogP contribution is -2.44. The first kappa shape index (κ1) is 17.7. The molecule has 7 nitrogen and oxygen atoms in total. The Balaban J connectivity index is 2.24. The monoisotopic (exact) mass is 329 g/mol. The van der Waals surface area contributed by atoms with Gasteiger partial charge in [0.2, 0.25) is 7.85 Å². The molecule has 8 heteroatoms. The summed E-state index contributed by atoms with van der Waals surface area (Å²) in [6.45, 7) is 0.430. The van der Waals surface area contributed by atoms with E-state index in [1.54, 1.807) is 4.90 Å². The zero-order chi connectivity index (χ0) is 17.5. The van der Waals surface area contributed by atoms with Gasteiger partial charge < -0.3 is 10.0 Å². The van der Waals surface area contributed by atoms with Crippen LogP contribution in [-0.2, 0) is 9.59 Å². The lowest BCUT2D eigenvalue weighted by Gasteiger charge is -2.29. The molecule has 0 spiro atoms. The molecule has 0 saturated carbocycles. The summed E-state index contributed by atoms with van der Waals surface area (Å²) in [5.74, 6) is -1.10. The number of hydrazine groups is 1. The van der Waals surface area contributed by atoms with Crippen LogP contribution in [0.15, 0.2) is 35.9 Å². The Labute approximate surface area is 141 Å². The molecule has 0 bridgehead atoms. The molecule has 1 aromatic carbocycles. The molecule has 3 amide bonds.